The Balaban J connectivity index is 2.02. The molecule has 1 aliphatic heterocycles. The van der Waals surface area contributed by atoms with E-state index in [4.69, 9.17) is 0 Å². The summed E-state index contributed by atoms with van der Waals surface area (Å²) in [5.74, 6) is -0.0929. The highest BCUT2D eigenvalue weighted by atomic mass is 16.2. The SMILES string of the molecule is CC(=O)Nc1ccc(N2CNC(=O)NC2)cc1. The van der Waals surface area contributed by atoms with Crippen LogP contribution in [0.4, 0.5) is 16.2 Å². The molecule has 6 nitrogen and oxygen atoms in total. The molecule has 0 radical (unpaired) electrons. The van der Waals surface area contributed by atoms with E-state index in [0.717, 1.165) is 11.4 Å². The van der Waals surface area contributed by atoms with Crippen LogP contribution in [0.5, 0.6) is 0 Å². The molecule has 0 unspecified atom stereocenters. The number of anilines is 2. The van der Waals surface area contributed by atoms with E-state index in [0.29, 0.717) is 13.3 Å². The van der Waals surface area contributed by atoms with E-state index < -0.39 is 0 Å². The maximum atomic E-state index is 10.9. The molecule has 1 aromatic rings. The van der Waals surface area contributed by atoms with E-state index in [1.165, 1.54) is 6.92 Å². The molecule has 17 heavy (non-hydrogen) atoms. The summed E-state index contributed by atoms with van der Waals surface area (Å²) in [6, 6.07) is 7.28. The van der Waals surface area contributed by atoms with E-state index in [9.17, 15) is 9.59 Å². The van der Waals surface area contributed by atoms with Crippen molar-refractivity contribution in [2.45, 2.75) is 6.92 Å². The number of carbonyl (C=O) groups is 2. The lowest BCUT2D eigenvalue weighted by Crippen LogP contribution is -2.54. The van der Waals surface area contributed by atoms with Crippen molar-refractivity contribution in [1.29, 1.82) is 0 Å². The van der Waals surface area contributed by atoms with Crippen molar-refractivity contribution >= 4 is 23.3 Å². The molecule has 3 amide bonds. The van der Waals surface area contributed by atoms with Gasteiger partial charge in [-0.05, 0) is 24.3 Å². The fourth-order valence-corrected chi connectivity index (χ4v) is 1.59. The lowest BCUT2D eigenvalue weighted by Gasteiger charge is -2.29. The van der Waals surface area contributed by atoms with Gasteiger partial charge in [-0.2, -0.15) is 0 Å². The number of nitrogens with zero attached hydrogens (tertiary/aromatic N) is 1. The minimum absolute atomic E-state index is 0.0929. The van der Waals surface area contributed by atoms with Gasteiger partial charge in [0.05, 0.1) is 13.3 Å². The van der Waals surface area contributed by atoms with Gasteiger partial charge in [-0.1, -0.05) is 0 Å². The second-order valence-electron chi connectivity index (χ2n) is 3.77. The van der Waals surface area contributed by atoms with Crippen LogP contribution in [0.3, 0.4) is 0 Å². The smallest absolute Gasteiger partial charge is 0.317 e. The summed E-state index contributed by atoms with van der Waals surface area (Å²) in [6.07, 6.45) is 0. The number of hydrogen-bond acceptors (Lipinski definition) is 3. The topological polar surface area (TPSA) is 73.5 Å². The minimum Gasteiger partial charge on any atom is -0.336 e. The molecule has 1 saturated heterocycles. The Morgan fingerprint density at radius 3 is 2.35 bits per heavy atom. The van der Waals surface area contributed by atoms with Crippen molar-refractivity contribution in [2.24, 2.45) is 0 Å². The van der Waals surface area contributed by atoms with Gasteiger partial charge < -0.3 is 20.9 Å². The molecule has 1 fully saturated rings. The van der Waals surface area contributed by atoms with Crippen molar-refractivity contribution in [3.63, 3.8) is 0 Å². The highest BCUT2D eigenvalue weighted by Crippen LogP contribution is 2.17. The van der Waals surface area contributed by atoms with Crippen molar-refractivity contribution in [1.82, 2.24) is 10.6 Å². The standard InChI is InChI=1S/C11H14N4O2/c1-8(16)14-9-2-4-10(5-3-9)15-6-12-11(17)13-7-15/h2-5H,6-7H2,1H3,(H,14,16)(H2,12,13,17). The van der Waals surface area contributed by atoms with Gasteiger partial charge in [-0.15, -0.1) is 0 Å². The summed E-state index contributed by atoms with van der Waals surface area (Å²) >= 11 is 0. The fraction of sp³-hybridized carbons (Fsp3) is 0.273. The first-order valence-electron chi connectivity index (χ1n) is 5.29. The van der Waals surface area contributed by atoms with Crippen molar-refractivity contribution in [2.75, 3.05) is 23.6 Å². The molecule has 0 aliphatic carbocycles. The summed E-state index contributed by atoms with van der Waals surface area (Å²) in [7, 11) is 0. The van der Waals surface area contributed by atoms with Crippen molar-refractivity contribution < 1.29 is 9.59 Å². The average molecular weight is 234 g/mol. The van der Waals surface area contributed by atoms with Gasteiger partial charge >= 0.3 is 6.03 Å². The Bertz CT molecular complexity index is 420. The number of rotatable bonds is 2. The minimum atomic E-state index is -0.156. The number of urea groups is 1. The number of nitrogens with one attached hydrogen (secondary N) is 3. The van der Waals surface area contributed by atoms with Crippen LogP contribution in [0.25, 0.3) is 0 Å². The van der Waals surface area contributed by atoms with Crippen LogP contribution >= 0.6 is 0 Å². The third-order valence-electron chi connectivity index (χ3n) is 2.41. The molecule has 1 aromatic carbocycles. The van der Waals surface area contributed by atoms with Gasteiger partial charge in [0.2, 0.25) is 5.91 Å². The fourth-order valence-electron chi connectivity index (χ4n) is 1.59. The van der Waals surface area contributed by atoms with Crippen LogP contribution in [0, 0.1) is 0 Å². The predicted octanol–water partition coefficient (Wildman–Crippen LogP) is 0.679. The van der Waals surface area contributed by atoms with E-state index >= 15 is 0 Å². The third kappa shape index (κ3) is 2.87. The molecule has 90 valence electrons. The Morgan fingerprint density at radius 1 is 1.24 bits per heavy atom. The lowest BCUT2D eigenvalue weighted by molar-refractivity contribution is -0.114. The predicted molar refractivity (Wildman–Crippen MR) is 64.6 cm³/mol. The van der Waals surface area contributed by atoms with Crippen molar-refractivity contribution in [3.8, 4) is 0 Å². The Morgan fingerprint density at radius 2 is 1.82 bits per heavy atom. The first-order chi connectivity index (χ1) is 8.15. The highest BCUT2D eigenvalue weighted by molar-refractivity contribution is 5.88. The summed E-state index contributed by atoms with van der Waals surface area (Å²) in [5.41, 5.74) is 1.74. The quantitative estimate of drug-likeness (QED) is 0.704. The normalized spacial score (nSPS) is 14.9. The first kappa shape index (κ1) is 11.3. The Kier molecular flexibility index (Phi) is 3.13. The highest BCUT2D eigenvalue weighted by Gasteiger charge is 2.13. The van der Waals surface area contributed by atoms with E-state index in [2.05, 4.69) is 16.0 Å². The van der Waals surface area contributed by atoms with E-state index in [-0.39, 0.29) is 11.9 Å². The van der Waals surface area contributed by atoms with Crippen LogP contribution in [-0.4, -0.2) is 25.3 Å². The zero-order valence-electron chi connectivity index (χ0n) is 9.49. The molecule has 0 atom stereocenters. The molecule has 6 heteroatoms. The largest absolute Gasteiger partial charge is 0.336 e. The molecule has 2 rings (SSSR count). The lowest BCUT2D eigenvalue weighted by atomic mass is 10.2. The number of carbonyl (C=O) groups excluding carboxylic acids is 2. The summed E-state index contributed by atoms with van der Waals surface area (Å²) in [4.78, 5) is 23.7. The maximum absolute atomic E-state index is 10.9. The number of amides is 3. The van der Waals surface area contributed by atoms with Gasteiger partial charge in [-0.25, -0.2) is 4.79 Å². The molecule has 0 aromatic heterocycles. The van der Waals surface area contributed by atoms with Crippen LogP contribution < -0.4 is 20.9 Å². The molecule has 0 saturated carbocycles. The molecule has 1 aliphatic rings. The zero-order valence-corrected chi connectivity index (χ0v) is 9.49. The van der Waals surface area contributed by atoms with Crippen molar-refractivity contribution in [3.05, 3.63) is 24.3 Å². The second-order valence-corrected chi connectivity index (χ2v) is 3.77. The van der Waals surface area contributed by atoms with Crippen LogP contribution in [0.2, 0.25) is 0 Å². The van der Waals surface area contributed by atoms with E-state index in [1.807, 2.05) is 29.2 Å². The van der Waals surface area contributed by atoms with Crippen LogP contribution in [0.15, 0.2) is 24.3 Å². The number of hydrogen-bond donors (Lipinski definition) is 3. The monoisotopic (exact) mass is 234 g/mol. The summed E-state index contributed by atoms with van der Waals surface area (Å²) in [6.45, 7) is 2.43. The van der Waals surface area contributed by atoms with Gasteiger partial charge in [0, 0.05) is 18.3 Å². The summed E-state index contributed by atoms with van der Waals surface area (Å²) in [5, 5.41) is 8.07. The molecule has 3 N–H and O–H groups in total. The number of benzene rings is 1. The average Bonchev–Trinajstić information content (AvgIpc) is 2.30. The third-order valence-corrected chi connectivity index (χ3v) is 2.41. The van der Waals surface area contributed by atoms with Crippen LogP contribution in [-0.2, 0) is 4.79 Å². The second kappa shape index (κ2) is 4.73. The summed E-state index contributed by atoms with van der Waals surface area (Å²) < 4.78 is 0. The van der Waals surface area contributed by atoms with Gasteiger partial charge in [0.15, 0.2) is 0 Å². The van der Waals surface area contributed by atoms with Gasteiger partial charge in [-0.3, -0.25) is 4.79 Å². The van der Waals surface area contributed by atoms with Gasteiger partial charge in [0.1, 0.15) is 0 Å². The Labute approximate surface area is 99.0 Å². The Hall–Kier alpha value is -2.24. The first-order valence-corrected chi connectivity index (χ1v) is 5.29. The van der Waals surface area contributed by atoms with Gasteiger partial charge in [0.25, 0.3) is 0 Å². The van der Waals surface area contributed by atoms with E-state index in [1.54, 1.807) is 0 Å². The molecule has 1 heterocycles. The molecular weight excluding hydrogens is 220 g/mol. The van der Waals surface area contributed by atoms with Crippen LogP contribution in [0.1, 0.15) is 6.92 Å². The molecular formula is C11H14N4O2. The zero-order chi connectivity index (χ0) is 12.3. The molecule has 0 bridgehead atoms. The molecule has 0 spiro atoms. The maximum Gasteiger partial charge on any atom is 0.317 e.